The second kappa shape index (κ2) is 13.9. The Bertz CT molecular complexity index is 750. The van der Waals surface area contributed by atoms with E-state index in [9.17, 15) is 9.18 Å². The van der Waals surface area contributed by atoms with Crippen molar-refractivity contribution in [1.82, 2.24) is 20.0 Å². The molecule has 0 saturated carbocycles. The minimum Gasteiger partial charge on any atom is -0.380 e. The number of carbonyl (C=O) groups is 1. The van der Waals surface area contributed by atoms with E-state index < -0.39 is 0 Å². The molecule has 9 heteroatoms. The molecule has 1 aromatic rings. The number of hydrogen-bond acceptors (Lipinski definition) is 4. The first kappa shape index (κ1) is 26.8. The van der Waals surface area contributed by atoms with Gasteiger partial charge < -0.3 is 19.9 Å². The number of methoxy groups -OCH3 is 1. The van der Waals surface area contributed by atoms with Crippen LogP contribution in [0.2, 0.25) is 0 Å². The molecule has 2 heterocycles. The maximum absolute atomic E-state index is 13.8. The normalized spacial score (nSPS) is 17.8. The zero-order valence-electron chi connectivity index (χ0n) is 19.3. The Morgan fingerprint density at radius 1 is 1.09 bits per heavy atom. The van der Waals surface area contributed by atoms with Gasteiger partial charge in [0.1, 0.15) is 5.82 Å². The average Bonchev–Trinajstić information content (AvgIpc) is 2.80. The Hall–Kier alpha value is -1.46. The predicted octanol–water partition coefficient (Wildman–Crippen LogP) is 2.69. The number of benzene rings is 1. The van der Waals surface area contributed by atoms with Crippen LogP contribution < -0.4 is 5.32 Å². The molecule has 0 atom stereocenters. The highest BCUT2D eigenvalue weighted by Gasteiger charge is 2.24. The fourth-order valence-electron chi connectivity index (χ4n) is 4.14. The van der Waals surface area contributed by atoms with Gasteiger partial charge in [-0.25, -0.2) is 9.38 Å². The van der Waals surface area contributed by atoms with E-state index in [1.165, 1.54) is 12.5 Å². The molecule has 180 valence electrons. The highest BCUT2D eigenvalue weighted by Crippen LogP contribution is 2.14. The molecule has 0 aliphatic carbocycles. The molecule has 7 nitrogen and oxygen atoms in total. The predicted molar refractivity (Wildman–Crippen MR) is 136 cm³/mol. The summed E-state index contributed by atoms with van der Waals surface area (Å²) < 4.78 is 18.9. The van der Waals surface area contributed by atoms with Gasteiger partial charge in [-0.1, -0.05) is 6.07 Å². The first-order valence-electron chi connectivity index (χ1n) is 11.4. The van der Waals surface area contributed by atoms with Gasteiger partial charge in [-0.3, -0.25) is 9.69 Å². The topological polar surface area (TPSA) is 60.4 Å². The Morgan fingerprint density at radius 3 is 2.47 bits per heavy atom. The number of guanidine groups is 1. The zero-order valence-corrected chi connectivity index (χ0v) is 21.6. The third kappa shape index (κ3) is 7.84. The van der Waals surface area contributed by atoms with Crippen LogP contribution in [0, 0.1) is 5.82 Å². The number of piperazine rings is 1. The summed E-state index contributed by atoms with van der Waals surface area (Å²) in [5, 5.41) is 3.36. The van der Waals surface area contributed by atoms with Gasteiger partial charge >= 0.3 is 0 Å². The van der Waals surface area contributed by atoms with E-state index in [1.807, 2.05) is 11.0 Å². The number of carbonyl (C=O) groups excluding carboxylic acids is 1. The van der Waals surface area contributed by atoms with E-state index in [-0.39, 0.29) is 42.3 Å². The second-order valence-electron chi connectivity index (χ2n) is 8.23. The van der Waals surface area contributed by atoms with Crippen LogP contribution in [0.4, 0.5) is 4.39 Å². The van der Waals surface area contributed by atoms with Gasteiger partial charge in [0.2, 0.25) is 5.91 Å². The smallest absolute Gasteiger partial charge is 0.236 e. The van der Waals surface area contributed by atoms with Crippen molar-refractivity contribution < 1.29 is 13.9 Å². The van der Waals surface area contributed by atoms with Crippen LogP contribution in [0.15, 0.2) is 23.2 Å². The average molecular weight is 561 g/mol. The van der Waals surface area contributed by atoms with E-state index in [2.05, 4.69) is 22.0 Å². The van der Waals surface area contributed by atoms with Crippen molar-refractivity contribution in [2.45, 2.75) is 39.3 Å². The third-order valence-electron chi connectivity index (χ3n) is 5.90. The van der Waals surface area contributed by atoms with Gasteiger partial charge in [0.25, 0.3) is 0 Å². The van der Waals surface area contributed by atoms with Gasteiger partial charge in [-0.2, -0.15) is 0 Å². The minimum absolute atomic E-state index is 0. The van der Waals surface area contributed by atoms with Gasteiger partial charge in [-0.05, 0) is 43.9 Å². The summed E-state index contributed by atoms with van der Waals surface area (Å²) in [5.74, 6) is 0.871. The van der Waals surface area contributed by atoms with Crippen LogP contribution in [-0.4, -0.2) is 86.0 Å². The summed E-state index contributed by atoms with van der Waals surface area (Å²) in [4.78, 5) is 23.8. The van der Waals surface area contributed by atoms with Crippen LogP contribution in [-0.2, 0) is 22.7 Å². The lowest BCUT2D eigenvalue weighted by molar-refractivity contribution is -0.133. The fourth-order valence-corrected chi connectivity index (χ4v) is 4.14. The van der Waals surface area contributed by atoms with Crippen molar-refractivity contribution in [2.24, 2.45) is 4.99 Å². The van der Waals surface area contributed by atoms with Crippen molar-refractivity contribution in [1.29, 1.82) is 0 Å². The first-order chi connectivity index (χ1) is 15.1. The molecule has 32 heavy (non-hydrogen) atoms. The number of halogens is 2. The van der Waals surface area contributed by atoms with Crippen LogP contribution in [0.5, 0.6) is 0 Å². The lowest BCUT2D eigenvalue weighted by atomic mass is 10.1. The van der Waals surface area contributed by atoms with Crippen molar-refractivity contribution >= 4 is 35.8 Å². The number of nitrogens with zero attached hydrogens (tertiary/aromatic N) is 4. The molecule has 1 aromatic carbocycles. The summed E-state index contributed by atoms with van der Waals surface area (Å²) in [7, 11) is 1.56. The molecule has 2 aliphatic rings. The standard InChI is InChI=1S/C23H36FN5O2.HI/c1-3-25-23(26-16-19-7-8-21(24)20(15-19)18-31-2)29-13-11-27(12-14-29)17-22(30)28-9-5-4-6-10-28;/h7-8,15H,3-6,9-14,16-18H2,1-2H3,(H,25,26);1H. The number of ether oxygens (including phenoxy) is 1. The molecule has 0 radical (unpaired) electrons. The van der Waals surface area contributed by atoms with Gasteiger partial charge in [0, 0.05) is 58.5 Å². The number of amides is 1. The maximum atomic E-state index is 13.8. The highest BCUT2D eigenvalue weighted by atomic mass is 127. The molecular formula is C23H37FIN5O2. The minimum atomic E-state index is -0.253. The van der Waals surface area contributed by atoms with Gasteiger partial charge in [0.15, 0.2) is 5.96 Å². The van der Waals surface area contributed by atoms with E-state index in [1.54, 1.807) is 13.2 Å². The molecular weight excluding hydrogens is 524 g/mol. The van der Waals surface area contributed by atoms with Crippen molar-refractivity contribution in [3.63, 3.8) is 0 Å². The third-order valence-corrected chi connectivity index (χ3v) is 5.90. The SMILES string of the molecule is CCNC(=NCc1ccc(F)c(COC)c1)N1CCN(CC(=O)N2CCCCC2)CC1.I. The Kier molecular flexibility index (Phi) is 11.7. The summed E-state index contributed by atoms with van der Waals surface area (Å²) in [5.41, 5.74) is 1.50. The number of hydrogen-bond donors (Lipinski definition) is 1. The molecule has 3 rings (SSSR count). The van der Waals surface area contributed by atoms with Crippen molar-refractivity contribution in [2.75, 3.05) is 59.5 Å². The van der Waals surface area contributed by atoms with E-state index in [0.717, 1.165) is 70.2 Å². The van der Waals surface area contributed by atoms with Crippen LogP contribution in [0.1, 0.15) is 37.3 Å². The molecule has 0 aromatic heterocycles. The van der Waals surface area contributed by atoms with Gasteiger partial charge in [0.05, 0.1) is 19.7 Å². The Labute approximate surface area is 208 Å². The van der Waals surface area contributed by atoms with Crippen LogP contribution >= 0.6 is 24.0 Å². The largest absolute Gasteiger partial charge is 0.380 e. The van der Waals surface area contributed by atoms with Gasteiger partial charge in [-0.15, -0.1) is 24.0 Å². The number of likely N-dealkylation sites (tertiary alicyclic amines) is 1. The summed E-state index contributed by atoms with van der Waals surface area (Å²) in [6, 6.07) is 5.06. The zero-order chi connectivity index (χ0) is 22.1. The summed E-state index contributed by atoms with van der Waals surface area (Å²) in [6.45, 7) is 9.25. The number of rotatable bonds is 7. The summed E-state index contributed by atoms with van der Waals surface area (Å²) >= 11 is 0. The molecule has 2 saturated heterocycles. The monoisotopic (exact) mass is 561 g/mol. The van der Waals surface area contributed by atoms with Crippen molar-refractivity contribution in [3.05, 3.63) is 35.1 Å². The molecule has 2 fully saturated rings. The number of nitrogens with one attached hydrogen (secondary N) is 1. The lowest BCUT2D eigenvalue weighted by Crippen LogP contribution is -2.54. The molecule has 0 unspecified atom stereocenters. The molecule has 1 N–H and O–H groups in total. The van der Waals surface area contributed by atoms with E-state index >= 15 is 0 Å². The number of piperidine rings is 1. The molecule has 1 amide bonds. The Morgan fingerprint density at radius 2 is 1.81 bits per heavy atom. The highest BCUT2D eigenvalue weighted by molar-refractivity contribution is 14.0. The quantitative estimate of drug-likeness (QED) is 0.315. The molecule has 0 bridgehead atoms. The molecule has 2 aliphatic heterocycles. The number of aliphatic imine (C=N–C) groups is 1. The maximum Gasteiger partial charge on any atom is 0.236 e. The van der Waals surface area contributed by atoms with Crippen LogP contribution in [0.25, 0.3) is 0 Å². The Balaban J connectivity index is 0.00000363. The van der Waals surface area contributed by atoms with Crippen LogP contribution in [0.3, 0.4) is 0 Å². The second-order valence-corrected chi connectivity index (χ2v) is 8.23. The molecule has 0 spiro atoms. The van der Waals surface area contributed by atoms with E-state index in [0.29, 0.717) is 18.7 Å². The lowest BCUT2D eigenvalue weighted by Gasteiger charge is -2.37. The van der Waals surface area contributed by atoms with E-state index in [4.69, 9.17) is 9.73 Å². The summed E-state index contributed by atoms with van der Waals surface area (Å²) in [6.07, 6.45) is 3.49. The fraction of sp³-hybridized carbons (Fsp3) is 0.652. The first-order valence-corrected chi connectivity index (χ1v) is 11.4. The van der Waals surface area contributed by atoms with Crippen molar-refractivity contribution in [3.8, 4) is 0 Å².